The van der Waals surface area contributed by atoms with Gasteiger partial charge in [0.15, 0.2) is 0 Å². The first-order valence-corrected chi connectivity index (χ1v) is 1.32. The summed E-state index contributed by atoms with van der Waals surface area (Å²) in [6.45, 7) is 0. The van der Waals surface area contributed by atoms with E-state index in [1.807, 2.05) is 0 Å². The minimum atomic E-state index is -2.81. The summed E-state index contributed by atoms with van der Waals surface area (Å²) >= 11 is 8.59. The third-order valence-corrected chi connectivity index (χ3v) is 0. The van der Waals surface area contributed by atoms with E-state index in [-0.39, 0.29) is 0 Å². The van der Waals surface area contributed by atoms with Crippen LogP contribution in [0.4, 0.5) is 4.39 Å². The molecule has 0 nitrogen and oxygen atoms in total. The van der Waals surface area contributed by atoms with Crippen LogP contribution in [0, 0.1) is 0 Å². The molecule has 0 aliphatic heterocycles. The SMILES string of the molecule is [2H]C(F)(Cl)Cl. The fourth-order valence-electron chi connectivity index (χ4n) is 0. The molecule has 0 spiro atoms. The second-order valence-corrected chi connectivity index (χ2v) is 1.07. The van der Waals surface area contributed by atoms with Crippen molar-refractivity contribution >= 4 is 23.2 Å². The molecule has 0 bridgehead atoms. The van der Waals surface area contributed by atoms with E-state index in [9.17, 15) is 4.39 Å². The molecule has 0 unspecified atom stereocenters. The fraction of sp³-hybridized carbons (Fsp3) is 1.00. The van der Waals surface area contributed by atoms with Crippen molar-refractivity contribution in [2.24, 2.45) is 0 Å². The maximum atomic E-state index is 10.9. The van der Waals surface area contributed by atoms with Crippen LogP contribution >= 0.6 is 23.2 Å². The zero-order valence-electron chi connectivity index (χ0n) is 2.63. The third-order valence-electron chi connectivity index (χ3n) is 0. The van der Waals surface area contributed by atoms with E-state index >= 15 is 0 Å². The van der Waals surface area contributed by atoms with Crippen LogP contribution in [0.2, 0.25) is 0 Å². The van der Waals surface area contributed by atoms with Gasteiger partial charge in [-0.05, 0) is 0 Å². The normalized spacial score (nSPS) is 15.2. The van der Waals surface area contributed by atoms with Gasteiger partial charge in [-0.2, -0.15) is 0 Å². The molecule has 4 heavy (non-hydrogen) atoms. The van der Waals surface area contributed by atoms with E-state index < -0.39 is 5.07 Å². The molecular formula is CHCl2F. The molecule has 0 heterocycles. The van der Waals surface area contributed by atoms with Crippen molar-refractivity contribution in [3.63, 3.8) is 0 Å². The lowest BCUT2D eigenvalue weighted by Gasteiger charge is -1.68. The molecule has 0 atom stereocenters. The molecule has 0 amide bonds. The van der Waals surface area contributed by atoms with Gasteiger partial charge in [-0.25, -0.2) is 4.39 Å². The van der Waals surface area contributed by atoms with Gasteiger partial charge >= 0.3 is 0 Å². The Kier molecular flexibility index (Phi) is 1.23. The highest BCUT2D eigenvalue weighted by molar-refractivity contribution is 6.42. The van der Waals surface area contributed by atoms with Crippen molar-refractivity contribution in [2.45, 2.75) is 5.07 Å². The number of rotatable bonds is 0. The van der Waals surface area contributed by atoms with Gasteiger partial charge in [0.05, 0.1) is 0 Å². The number of hydrogen-bond acceptors (Lipinski definition) is 0. The van der Waals surface area contributed by atoms with Crippen LogP contribution in [0.1, 0.15) is 1.37 Å². The lowest BCUT2D eigenvalue weighted by molar-refractivity contribution is 0.553. The summed E-state index contributed by atoms with van der Waals surface area (Å²) in [5, 5.41) is -2.81. The zero-order valence-corrected chi connectivity index (χ0v) is 3.15. The molecular weight excluding hydrogens is 102 g/mol. The Balaban J connectivity index is 3.02. The van der Waals surface area contributed by atoms with Crippen LogP contribution in [0.15, 0.2) is 0 Å². The van der Waals surface area contributed by atoms with Crippen LogP contribution in [-0.2, 0) is 0 Å². The Morgan fingerprint density at radius 1 is 2.00 bits per heavy atom. The van der Waals surface area contributed by atoms with Gasteiger partial charge in [-0.15, -0.1) is 0 Å². The first-order valence-electron chi connectivity index (χ1n) is 1.07. The second kappa shape index (κ2) is 1.79. The molecule has 0 aromatic heterocycles. The highest BCUT2D eigenvalue weighted by Crippen LogP contribution is 1.98. The van der Waals surface area contributed by atoms with Gasteiger partial charge in [0.1, 0.15) is 1.37 Å². The smallest absolute Gasteiger partial charge is 0.212 e. The van der Waals surface area contributed by atoms with Crippen LogP contribution in [-0.4, -0.2) is 5.07 Å². The Hall–Kier alpha value is 0.510. The van der Waals surface area contributed by atoms with Crippen molar-refractivity contribution in [3.05, 3.63) is 0 Å². The van der Waals surface area contributed by atoms with Crippen molar-refractivity contribution in [1.29, 1.82) is 0 Å². The van der Waals surface area contributed by atoms with Gasteiger partial charge < -0.3 is 0 Å². The number of alkyl halides is 3. The van der Waals surface area contributed by atoms with Gasteiger partial charge in [-0.1, -0.05) is 23.2 Å². The van der Waals surface area contributed by atoms with Crippen molar-refractivity contribution in [1.82, 2.24) is 0 Å². The predicted octanol–water partition coefficient (Wildman–Crippen LogP) is 1.72. The molecule has 26 valence electrons. The molecule has 0 aliphatic carbocycles. The molecule has 0 rings (SSSR count). The highest BCUT2D eigenvalue weighted by atomic mass is 35.5. The summed E-state index contributed by atoms with van der Waals surface area (Å²) < 4.78 is 16.7. The quantitative estimate of drug-likeness (QED) is 0.410. The second-order valence-electron chi connectivity index (χ2n) is 0.214. The monoisotopic (exact) mass is 103 g/mol. The van der Waals surface area contributed by atoms with Gasteiger partial charge in [0.2, 0.25) is 5.07 Å². The van der Waals surface area contributed by atoms with Crippen molar-refractivity contribution < 1.29 is 5.76 Å². The lowest BCUT2D eigenvalue weighted by Crippen LogP contribution is -1.58. The van der Waals surface area contributed by atoms with E-state index in [0.29, 0.717) is 0 Å². The van der Waals surface area contributed by atoms with E-state index in [2.05, 4.69) is 23.2 Å². The first-order chi connectivity index (χ1) is 2.00. The maximum Gasteiger partial charge on any atom is 0.247 e. The fourth-order valence-corrected chi connectivity index (χ4v) is 0. The van der Waals surface area contributed by atoms with E-state index in [1.54, 1.807) is 0 Å². The molecule has 0 radical (unpaired) electrons. The summed E-state index contributed by atoms with van der Waals surface area (Å²) in [7, 11) is 0. The molecule has 0 N–H and O–H groups in total. The highest BCUT2D eigenvalue weighted by Gasteiger charge is 1.81. The molecule has 0 aromatic rings. The van der Waals surface area contributed by atoms with Crippen LogP contribution in [0.25, 0.3) is 0 Å². The summed E-state index contributed by atoms with van der Waals surface area (Å²) in [6, 6.07) is 0. The predicted molar refractivity (Wildman–Crippen MR) is 16.6 cm³/mol. The molecule has 0 saturated carbocycles. The standard InChI is InChI=1S/CHCl2F/c2-1(3)4/h1H/i1D. The van der Waals surface area contributed by atoms with Crippen LogP contribution in [0.3, 0.4) is 0 Å². The Bertz CT molecular complexity index is 25.1. The number of hydrogen-bond donors (Lipinski definition) is 0. The average Bonchev–Trinajstić information content (AvgIpc) is 0.722. The summed E-state index contributed by atoms with van der Waals surface area (Å²) in [5.74, 6) is 0. The molecule has 3 heteroatoms. The van der Waals surface area contributed by atoms with Crippen molar-refractivity contribution in [3.8, 4) is 0 Å². The molecule has 0 fully saturated rings. The Morgan fingerprint density at radius 2 is 2.00 bits per heavy atom. The Labute approximate surface area is 34.9 Å². The van der Waals surface area contributed by atoms with Gasteiger partial charge in [-0.3, -0.25) is 0 Å². The van der Waals surface area contributed by atoms with Crippen LogP contribution < -0.4 is 0 Å². The number of halogens is 3. The van der Waals surface area contributed by atoms with E-state index in [1.165, 1.54) is 0 Å². The summed E-state index contributed by atoms with van der Waals surface area (Å²) in [4.78, 5) is 0. The first kappa shape index (κ1) is 2.73. The molecule has 0 aromatic carbocycles. The zero-order chi connectivity index (χ0) is 4.50. The van der Waals surface area contributed by atoms with Crippen molar-refractivity contribution in [2.75, 3.05) is 0 Å². The molecule has 0 aliphatic rings. The Morgan fingerprint density at radius 3 is 2.00 bits per heavy atom. The third kappa shape index (κ3) is 22.0. The van der Waals surface area contributed by atoms with Gasteiger partial charge in [0.25, 0.3) is 0 Å². The largest absolute Gasteiger partial charge is 0.247 e. The minimum absolute atomic E-state index is 2.81. The minimum Gasteiger partial charge on any atom is -0.212 e. The van der Waals surface area contributed by atoms with Crippen LogP contribution in [0.5, 0.6) is 0 Å². The van der Waals surface area contributed by atoms with E-state index in [4.69, 9.17) is 1.37 Å². The van der Waals surface area contributed by atoms with Gasteiger partial charge in [0, 0.05) is 0 Å². The maximum absolute atomic E-state index is 10.9. The summed E-state index contributed by atoms with van der Waals surface area (Å²) in [5.41, 5.74) is 0. The average molecular weight is 104 g/mol. The van der Waals surface area contributed by atoms with E-state index in [0.717, 1.165) is 0 Å². The lowest BCUT2D eigenvalue weighted by atomic mass is 11.8. The topological polar surface area (TPSA) is 0 Å². The summed E-state index contributed by atoms with van der Waals surface area (Å²) in [6.07, 6.45) is 0. The molecule has 0 saturated heterocycles.